The molecule has 0 bridgehead atoms. The average Bonchev–Trinajstić information content (AvgIpc) is 2.70. The van der Waals surface area contributed by atoms with Gasteiger partial charge in [0.05, 0.1) is 0 Å². The highest BCUT2D eigenvalue weighted by Gasteiger charge is 2.32. The van der Waals surface area contributed by atoms with Crippen LogP contribution in [0.1, 0.15) is 20.3 Å². The molecule has 20 heavy (non-hydrogen) atoms. The molecule has 2 atom stereocenters. The van der Waals surface area contributed by atoms with Crippen molar-refractivity contribution in [2.24, 2.45) is 11.8 Å². The van der Waals surface area contributed by atoms with Crippen molar-refractivity contribution in [3.63, 3.8) is 0 Å². The van der Waals surface area contributed by atoms with Gasteiger partial charge in [0.25, 0.3) is 0 Å². The molecule has 114 valence electrons. The topological polar surface area (TPSA) is 79.5 Å². The molecule has 1 aromatic heterocycles. The van der Waals surface area contributed by atoms with E-state index in [9.17, 15) is 8.42 Å². The zero-order chi connectivity index (χ0) is 15.1. The van der Waals surface area contributed by atoms with E-state index in [4.69, 9.17) is 5.73 Å². The van der Waals surface area contributed by atoms with Crippen molar-refractivity contribution in [1.29, 1.82) is 0 Å². The highest BCUT2D eigenvalue weighted by molar-refractivity contribution is 7.89. The Morgan fingerprint density at radius 3 is 2.35 bits per heavy atom. The third-order valence-electron chi connectivity index (χ3n) is 3.55. The second kappa shape index (κ2) is 5.50. The number of piperidine rings is 1. The van der Waals surface area contributed by atoms with Gasteiger partial charge in [0.15, 0.2) is 10.7 Å². The largest absolute Gasteiger partial charge is 0.382 e. The predicted octanol–water partition coefficient (Wildman–Crippen LogP) is 1.46. The van der Waals surface area contributed by atoms with Gasteiger partial charge in [0.2, 0.25) is 10.0 Å². The van der Waals surface area contributed by atoms with Crippen molar-refractivity contribution in [3.8, 4) is 0 Å². The normalized spacial score (nSPS) is 24.4. The number of hydrogen-bond acceptors (Lipinski definition) is 6. The summed E-state index contributed by atoms with van der Waals surface area (Å²) in [7, 11) is -0.541. The minimum absolute atomic E-state index is 0.101. The molecule has 0 radical (unpaired) electrons. The van der Waals surface area contributed by atoms with Crippen LogP contribution < -0.4 is 10.6 Å². The van der Waals surface area contributed by atoms with Crippen LogP contribution in [-0.2, 0) is 10.0 Å². The summed E-state index contributed by atoms with van der Waals surface area (Å²) >= 11 is 1.18. The van der Waals surface area contributed by atoms with Crippen LogP contribution in [0.5, 0.6) is 0 Å². The molecule has 1 aliphatic heterocycles. The zero-order valence-electron chi connectivity index (χ0n) is 12.3. The minimum atomic E-state index is -3.56. The molecule has 0 spiro atoms. The maximum Gasteiger partial charge on any atom is 0.249 e. The summed E-state index contributed by atoms with van der Waals surface area (Å²) in [5, 5.41) is 0.676. The van der Waals surface area contributed by atoms with Crippen LogP contribution in [0, 0.1) is 11.8 Å². The SMILES string of the molecule is CC1CC(C)CN(c2snc(N)c2S(=O)(=O)N(C)C)C1. The lowest BCUT2D eigenvalue weighted by atomic mass is 9.92. The Bertz CT molecular complexity index is 572. The van der Waals surface area contributed by atoms with Gasteiger partial charge in [-0.05, 0) is 29.8 Å². The second-order valence-electron chi connectivity index (χ2n) is 5.84. The Morgan fingerprint density at radius 1 is 1.30 bits per heavy atom. The molecule has 8 heteroatoms. The monoisotopic (exact) mass is 318 g/mol. The third-order valence-corrected chi connectivity index (χ3v) is 6.48. The molecule has 1 fully saturated rings. The van der Waals surface area contributed by atoms with Gasteiger partial charge in [0, 0.05) is 27.2 Å². The van der Waals surface area contributed by atoms with Crippen LogP contribution in [0.4, 0.5) is 10.8 Å². The van der Waals surface area contributed by atoms with Crippen molar-refractivity contribution in [3.05, 3.63) is 0 Å². The number of hydrogen-bond donors (Lipinski definition) is 1. The number of sulfonamides is 1. The summed E-state index contributed by atoms with van der Waals surface area (Å²) in [6.07, 6.45) is 1.17. The molecule has 0 amide bonds. The maximum atomic E-state index is 12.4. The van der Waals surface area contributed by atoms with Gasteiger partial charge in [-0.2, -0.15) is 4.37 Å². The molecule has 2 unspecified atom stereocenters. The van der Waals surface area contributed by atoms with E-state index in [2.05, 4.69) is 23.1 Å². The molecular weight excluding hydrogens is 296 g/mol. The van der Waals surface area contributed by atoms with E-state index in [1.165, 1.54) is 36.4 Å². The Labute approximate surface area is 124 Å². The molecule has 0 saturated carbocycles. The van der Waals surface area contributed by atoms with E-state index in [0.29, 0.717) is 16.8 Å². The van der Waals surface area contributed by atoms with Crippen molar-refractivity contribution in [1.82, 2.24) is 8.68 Å². The summed E-state index contributed by atoms with van der Waals surface area (Å²) in [5.41, 5.74) is 5.81. The van der Waals surface area contributed by atoms with Crippen LogP contribution in [0.2, 0.25) is 0 Å². The van der Waals surface area contributed by atoms with Crippen LogP contribution >= 0.6 is 11.5 Å². The number of rotatable bonds is 3. The van der Waals surface area contributed by atoms with Gasteiger partial charge < -0.3 is 10.6 Å². The molecule has 1 aromatic rings. The first-order valence-electron chi connectivity index (χ1n) is 6.66. The lowest BCUT2D eigenvalue weighted by Crippen LogP contribution is -2.39. The fourth-order valence-corrected chi connectivity index (χ4v) is 4.98. The Morgan fingerprint density at radius 2 is 1.85 bits per heavy atom. The summed E-state index contributed by atoms with van der Waals surface area (Å²) in [4.78, 5) is 2.28. The van der Waals surface area contributed by atoms with E-state index in [1.54, 1.807) is 0 Å². The fraction of sp³-hybridized carbons (Fsp3) is 0.750. The first kappa shape index (κ1) is 15.5. The predicted molar refractivity (Wildman–Crippen MR) is 82.6 cm³/mol. The van der Waals surface area contributed by atoms with Crippen LogP contribution in [0.25, 0.3) is 0 Å². The van der Waals surface area contributed by atoms with Gasteiger partial charge >= 0.3 is 0 Å². The van der Waals surface area contributed by atoms with Crippen molar-refractivity contribution < 1.29 is 8.42 Å². The standard InChI is InChI=1S/C12H22N4O2S2/c1-8-5-9(2)7-16(6-8)12-10(11(13)14-19-12)20(17,18)15(3)4/h8-9H,5-7H2,1-4H3,(H2,13,14). The fourth-order valence-electron chi connectivity index (χ4n) is 2.74. The van der Waals surface area contributed by atoms with Gasteiger partial charge in [-0.25, -0.2) is 12.7 Å². The van der Waals surface area contributed by atoms with E-state index in [0.717, 1.165) is 13.1 Å². The zero-order valence-corrected chi connectivity index (χ0v) is 14.0. The van der Waals surface area contributed by atoms with E-state index in [1.807, 2.05) is 0 Å². The molecular formula is C12H22N4O2S2. The van der Waals surface area contributed by atoms with Crippen LogP contribution in [-0.4, -0.2) is 44.3 Å². The van der Waals surface area contributed by atoms with Crippen molar-refractivity contribution in [2.75, 3.05) is 37.8 Å². The van der Waals surface area contributed by atoms with Crippen molar-refractivity contribution >= 4 is 32.4 Å². The number of nitrogens with zero attached hydrogens (tertiary/aromatic N) is 3. The van der Waals surface area contributed by atoms with Crippen LogP contribution in [0.15, 0.2) is 4.90 Å². The smallest absolute Gasteiger partial charge is 0.249 e. The summed E-state index contributed by atoms with van der Waals surface area (Å²) in [6, 6.07) is 0. The minimum Gasteiger partial charge on any atom is -0.382 e. The van der Waals surface area contributed by atoms with Gasteiger partial charge in [0.1, 0.15) is 5.00 Å². The van der Waals surface area contributed by atoms with E-state index < -0.39 is 10.0 Å². The molecule has 6 nitrogen and oxygen atoms in total. The highest BCUT2D eigenvalue weighted by atomic mass is 32.2. The Kier molecular flexibility index (Phi) is 4.27. The summed E-state index contributed by atoms with van der Waals surface area (Å²) in [6.45, 7) is 6.07. The lowest BCUT2D eigenvalue weighted by Gasteiger charge is -2.36. The number of nitrogen functional groups attached to an aromatic ring is 1. The molecule has 2 rings (SSSR count). The first-order valence-corrected chi connectivity index (χ1v) is 8.87. The summed E-state index contributed by atoms with van der Waals surface area (Å²) in [5.74, 6) is 1.18. The number of anilines is 2. The quantitative estimate of drug-likeness (QED) is 0.912. The van der Waals surface area contributed by atoms with E-state index in [-0.39, 0.29) is 10.7 Å². The number of aromatic nitrogens is 1. The maximum absolute atomic E-state index is 12.4. The molecule has 1 saturated heterocycles. The Balaban J connectivity index is 2.44. The third kappa shape index (κ3) is 2.77. The molecule has 2 N–H and O–H groups in total. The number of nitrogens with two attached hydrogens (primary N) is 1. The highest BCUT2D eigenvalue weighted by Crippen LogP contribution is 2.38. The van der Waals surface area contributed by atoms with Gasteiger partial charge in [-0.15, -0.1) is 0 Å². The lowest BCUT2D eigenvalue weighted by molar-refractivity contribution is 0.357. The molecule has 0 aromatic carbocycles. The van der Waals surface area contributed by atoms with Gasteiger partial charge in [-0.1, -0.05) is 13.8 Å². The molecule has 2 heterocycles. The second-order valence-corrected chi connectivity index (χ2v) is 8.68. The average molecular weight is 318 g/mol. The van der Waals surface area contributed by atoms with Gasteiger partial charge in [-0.3, -0.25) is 0 Å². The van der Waals surface area contributed by atoms with Crippen molar-refractivity contribution in [2.45, 2.75) is 25.2 Å². The Hall–Kier alpha value is -0.860. The first-order chi connectivity index (χ1) is 9.23. The molecule has 1 aliphatic rings. The van der Waals surface area contributed by atoms with E-state index >= 15 is 0 Å². The summed E-state index contributed by atoms with van der Waals surface area (Å²) < 4.78 is 30.1. The van der Waals surface area contributed by atoms with Crippen LogP contribution in [0.3, 0.4) is 0 Å². The molecule has 0 aliphatic carbocycles.